The van der Waals surface area contributed by atoms with Crippen LogP contribution in [0.2, 0.25) is 0 Å². The van der Waals surface area contributed by atoms with Crippen LogP contribution in [0.3, 0.4) is 0 Å². The number of hydrogen-bond donors (Lipinski definition) is 3. The van der Waals surface area contributed by atoms with E-state index in [1.165, 1.54) is 12.1 Å². The second-order valence-corrected chi connectivity index (χ2v) is 4.51. The van der Waals surface area contributed by atoms with Gasteiger partial charge in [-0.1, -0.05) is 38.0 Å². The Morgan fingerprint density at radius 1 is 1.24 bits per heavy atom. The van der Waals surface area contributed by atoms with Crippen LogP contribution >= 0.6 is 0 Å². The van der Waals surface area contributed by atoms with E-state index in [1.807, 2.05) is 0 Å². The van der Waals surface area contributed by atoms with E-state index in [-0.39, 0.29) is 12.0 Å². The molecule has 0 aromatic heterocycles. The molecule has 21 heavy (non-hydrogen) atoms. The van der Waals surface area contributed by atoms with Crippen LogP contribution < -0.4 is 5.32 Å². The van der Waals surface area contributed by atoms with Crippen molar-refractivity contribution in [3.63, 3.8) is 0 Å². The molecule has 3 N–H and O–H groups in total. The number of amides is 1. The van der Waals surface area contributed by atoms with Gasteiger partial charge in [0.25, 0.3) is 5.91 Å². The smallest absolute Gasteiger partial charge is 0.378 e. The average Bonchev–Trinajstić information content (AvgIpc) is 2.51. The van der Waals surface area contributed by atoms with Gasteiger partial charge < -0.3 is 10.4 Å². The molecule has 0 bridgehead atoms. The number of unbranched alkanes of at least 4 members (excludes halogenated alkanes) is 1. The summed E-state index contributed by atoms with van der Waals surface area (Å²) in [5.41, 5.74) is -2.11. The molecule has 0 radical (unpaired) electrons. The van der Waals surface area contributed by atoms with Gasteiger partial charge in [-0.3, -0.25) is 9.68 Å². The van der Waals surface area contributed by atoms with Gasteiger partial charge in [0, 0.05) is 5.56 Å². The van der Waals surface area contributed by atoms with E-state index in [4.69, 9.17) is 5.26 Å². The minimum atomic E-state index is -2.31. The van der Waals surface area contributed by atoms with Gasteiger partial charge in [0.1, 0.15) is 0 Å². The summed E-state index contributed by atoms with van der Waals surface area (Å²) in [5.74, 6) is -3.74. The summed E-state index contributed by atoms with van der Waals surface area (Å²) in [6.45, 7) is 1.80. The Hall–Kier alpha value is -2.41. The lowest BCUT2D eigenvalue weighted by Gasteiger charge is -2.26. The molecule has 0 saturated heterocycles. The third kappa shape index (κ3) is 3.79. The molecular formula is C14H17NO6. The highest BCUT2D eigenvalue weighted by Crippen LogP contribution is 2.18. The van der Waals surface area contributed by atoms with E-state index in [0.717, 1.165) is 0 Å². The molecule has 1 aromatic carbocycles. The highest BCUT2D eigenvalue weighted by Gasteiger charge is 2.49. The number of hydrogen-bond acceptors (Lipinski definition) is 5. The molecule has 1 atom stereocenters. The number of rotatable bonds is 7. The van der Waals surface area contributed by atoms with E-state index in [0.29, 0.717) is 12.8 Å². The first-order chi connectivity index (χ1) is 9.97. The lowest BCUT2D eigenvalue weighted by atomic mass is 9.92. The van der Waals surface area contributed by atoms with Gasteiger partial charge >= 0.3 is 11.9 Å². The maximum absolute atomic E-state index is 12.1. The highest BCUT2D eigenvalue weighted by atomic mass is 17.1. The summed E-state index contributed by atoms with van der Waals surface area (Å²) in [7, 11) is 0. The largest absolute Gasteiger partial charge is 0.479 e. The van der Waals surface area contributed by atoms with Gasteiger partial charge in [0.2, 0.25) is 5.54 Å². The van der Waals surface area contributed by atoms with Crippen LogP contribution in [0.4, 0.5) is 0 Å². The summed E-state index contributed by atoms with van der Waals surface area (Å²) in [6.07, 6.45) is 0.780. The summed E-state index contributed by atoms with van der Waals surface area (Å²) < 4.78 is 0. The Kier molecular flexibility index (Phi) is 5.86. The van der Waals surface area contributed by atoms with Crippen molar-refractivity contribution >= 4 is 17.8 Å². The van der Waals surface area contributed by atoms with Crippen molar-refractivity contribution in [2.24, 2.45) is 0 Å². The summed E-state index contributed by atoms with van der Waals surface area (Å²) in [4.78, 5) is 38.8. The number of nitrogens with one attached hydrogen (secondary N) is 1. The minimum absolute atomic E-state index is 0.184. The molecule has 114 valence electrons. The first-order valence-electron chi connectivity index (χ1n) is 6.44. The van der Waals surface area contributed by atoms with Crippen LogP contribution in [0, 0.1) is 0 Å². The van der Waals surface area contributed by atoms with E-state index in [1.54, 1.807) is 25.1 Å². The van der Waals surface area contributed by atoms with Crippen molar-refractivity contribution in [1.82, 2.24) is 5.32 Å². The molecule has 0 heterocycles. The van der Waals surface area contributed by atoms with E-state index in [9.17, 15) is 19.5 Å². The number of carboxylic acid groups (broad SMARTS) is 1. The van der Waals surface area contributed by atoms with Crippen molar-refractivity contribution in [3.05, 3.63) is 35.9 Å². The Morgan fingerprint density at radius 2 is 1.86 bits per heavy atom. The van der Waals surface area contributed by atoms with Gasteiger partial charge in [-0.2, -0.15) is 5.26 Å². The number of carboxylic acids is 1. The molecule has 0 fully saturated rings. The molecular weight excluding hydrogens is 278 g/mol. The second-order valence-electron chi connectivity index (χ2n) is 4.51. The maximum Gasteiger partial charge on any atom is 0.378 e. The van der Waals surface area contributed by atoms with E-state index >= 15 is 0 Å². The van der Waals surface area contributed by atoms with Crippen molar-refractivity contribution in [2.45, 2.75) is 31.7 Å². The molecule has 7 nitrogen and oxygen atoms in total. The van der Waals surface area contributed by atoms with Crippen LogP contribution in [-0.2, 0) is 14.5 Å². The zero-order valence-electron chi connectivity index (χ0n) is 11.5. The van der Waals surface area contributed by atoms with Gasteiger partial charge in [0.15, 0.2) is 0 Å². The monoisotopic (exact) mass is 295 g/mol. The zero-order valence-corrected chi connectivity index (χ0v) is 11.5. The summed E-state index contributed by atoms with van der Waals surface area (Å²) >= 11 is 0. The van der Waals surface area contributed by atoms with Gasteiger partial charge in [0.05, 0.1) is 0 Å². The fraction of sp³-hybridized carbons (Fsp3) is 0.357. The lowest BCUT2D eigenvalue weighted by Crippen LogP contribution is -2.60. The molecule has 1 rings (SSSR count). The van der Waals surface area contributed by atoms with E-state index in [2.05, 4.69) is 10.2 Å². The fourth-order valence-corrected chi connectivity index (χ4v) is 1.84. The lowest BCUT2D eigenvalue weighted by molar-refractivity contribution is -0.242. The molecule has 1 aromatic rings. The Morgan fingerprint density at radius 3 is 2.33 bits per heavy atom. The quantitative estimate of drug-likeness (QED) is 0.398. The highest BCUT2D eigenvalue weighted by molar-refractivity contribution is 6.09. The predicted octanol–water partition coefficient (Wildman–Crippen LogP) is 1.45. The fourth-order valence-electron chi connectivity index (χ4n) is 1.84. The molecule has 0 aliphatic heterocycles. The molecule has 1 amide bonds. The third-order valence-corrected chi connectivity index (χ3v) is 3.06. The number of benzene rings is 1. The van der Waals surface area contributed by atoms with Crippen LogP contribution in [0.5, 0.6) is 0 Å². The third-order valence-electron chi connectivity index (χ3n) is 3.06. The molecule has 0 saturated carbocycles. The molecule has 7 heteroatoms. The van der Waals surface area contributed by atoms with Gasteiger partial charge in [-0.25, -0.2) is 9.59 Å². The Labute approximate surface area is 121 Å². The first kappa shape index (κ1) is 16.6. The van der Waals surface area contributed by atoms with Crippen LogP contribution in [-0.4, -0.2) is 33.7 Å². The molecule has 0 spiro atoms. The number of aliphatic carboxylic acids is 1. The standard InChI is InChI=1S/C14H17NO6/c1-2-3-9-14(12(17)18,13(19)21-20)15-11(16)10-7-5-4-6-8-10/h4-8,20H,2-3,9H2,1H3,(H,15,16)(H,17,18). The second kappa shape index (κ2) is 7.39. The van der Waals surface area contributed by atoms with Crippen molar-refractivity contribution < 1.29 is 29.6 Å². The van der Waals surface area contributed by atoms with E-state index < -0.39 is 23.4 Å². The van der Waals surface area contributed by atoms with Crippen molar-refractivity contribution in [2.75, 3.05) is 0 Å². The first-order valence-corrected chi connectivity index (χ1v) is 6.44. The Balaban J connectivity index is 3.08. The zero-order chi connectivity index (χ0) is 15.9. The molecule has 0 aliphatic rings. The normalized spacial score (nSPS) is 13.0. The molecule has 0 aliphatic carbocycles. The van der Waals surface area contributed by atoms with Crippen molar-refractivity contribution in [1.29, 1.82) is 0 Å². The van der Waals surface area contributed by atoms with Crippen molar-refractivity contribution in [3.8, 4) is 0 Å². The average molecular weight is 295 g/mol. The van der Waals surface area contributed by atoms with Gasteiger partial charge in [-0.15, -0.1) is 0 Å². The Bertz CT molecular complexity index is 515. The van der Waals surface area contributed by atoms with Crippen LogP contribution in [0.25, 0.3) is 0 Å². The maximum atomic E-state index is 12.1. The SMILES string of the molecule is CCCCC(NC(=O)c1ccccc1)(C(=O)O)C(=O)OO. The van der Waals surface area contributed by atoms with Crippen LogP contribution in [0.15, 0.2) is 30.3 Å². The number of carbonyl (C=O) groups excluding carboxylic acids is 2. The molecule has 1 unspecified atom stereocenters. The minimum Gasteiger partial charge on any atom is -0.479 e. The summed E-state index contributed by atoms with van der Waals surface area (Å²) in [5, 5.41) is 20.0. The van der Waals surface area contributed by atoms with Crippen LogP contribution in [0.1, 0.15) is 36.5 Å². The van der Waals surface area contributed by atoms with Gasteiger partial charge in [-0.05, 0) is 18.6 Å². The predicted molar refractivity (Wildman–Crippen MR) is 72.5 cm³/mol. The topological polar surface area (TPSA) is 113 Å². The number of carbonyl (C=O) groups is 3. The summed E-state index contributed by atoms with van der Waals surface area (Å²) in [6, 6.07) is 7.86.